The average molecular weight is 198 g/mol. The van der Waals surface area contributed by atoms with E-state index in [0.29, 0.717) is 6.10 Å². The number of hydrogen-bond donors (Lipinski definition) is 0. The fourth-order valence-corrected chi connectivity index (χ4v) is 2.39. The minimum absolute atomic E-state index is 0.0619. The molecule has 0 amide bonds. The maximum absolute atomic E-state index is 5.97. The van der Waals surface area contributed by atoms with E-state index in [1.54, 1.807) is 0 Å². The van der Waals surface area contributed by atoms with Gasteiger partial charge in [0.25, 0.3) is 0 Å². The van der Waals surface area contributed by atoms with Crippen molar-refractivity contribution in [3.8, 4) is 0 Å². The van der Waals surface area contributed by atoms with Crippen LogP contribution in [0, 0.1) is 5.92 Å². The van der Waals surface area contributed by atoms with Crippen LogP contribution in [0.5, 0.6) is 0 Å². The third kappa shape index (κ3) is 2.71. The van der Waals surface area contributed by atoms with Gasteiger partial charge < -0.3 is 9.47 Å². The quantitative estimate of drug-likeness (QED) is 0.648. The van der Waals surface area contributed by atoms with E-state index >= 15 is 0 Å². The van der Waals surface area contributed by atoms with Crippen LogP contribution in [0.1, 0.15) is 46.0 Å². The number of rotatable bonds is 4. The number of ether oxygens (including phenoxy) is 2. The highest BCUT2D eigenvalue weighted by molar-refractivity contribution is 4.83. The van der Waals surface area contributed by atoms with Gasteiger partial charge in [0, 0.05) is 0 Å². The first-order chi connectivity index (χ1) is 6.68. The summed E-state index contributed by atoms with van der Waals surface area (Å²) in [5, 5.41) is 0. The Balaban J connectivity index is 1.78. The molecule has 1 atom stereocenters. The van der Waals surface area contributed by atoms with Crippen molar-refractivity contribution in [1.82, 2.24) is 0 Å². The lowest BCUT2D eigenvalue weighted by atomic mass is 9.79. The Labute approximate surface area is 87.0 Å². The first-order valence-corrected chi connectivity index (χ1v) is 5.94. The van der Waals surface area contributed by atoms with E-state index in [1.807, 2.05) is 0 Å². The van der Waals surface area contributed by atoms with Gasteiger partial charge in [-0.15, -0.1) is 0 Å². The standard InChI is InChI=1S/C12H22O2/c1-12(2,14-9-11-8-13-11)10-6-4-3-5-7-10/h10-11H,3-9H2,1-2H3. The maximum atomic E-state index is 5.97. The van der Waals surface area contributed by atoms with Gasteiger partial charge in [-0.25, -0.2) is 0 Å². The van der Waals surface area contributed by atoms with E-state index in [9.17, 15) is 0 Å². The molecule has 1 heterocycles. The summed E-state index contributed by atoms with van der Waals surface area (Å²) >= 11 is 0. The highest BCUT2D eigenvalue weighted by Gasteiger charge is 2.34. The van der Waals surface area contributed by atoms with E-state index in [4.69, 9.17) is 9.47 Å². The summed E-state index contributed by atoms with van der Waals surface area (Å²) in [6, 6.07) is 0. The van der Waals surface area contributed by atoms with Crippen molar-refractivity contribution < 1.29 is 9.47 Å². The molecule has 0 spiro atoms. The molecule has 2 heteroatoms. The molecular weight excluding hydrogens is 176 g/mol. The Kier molecular flexibility index (Phi) is 3.13. The molecule has 1 unspecified atom stereocenters. The van der Waals surface area contributed by atoms with Crippen molar-refractivity contribution in [1.29, 1.82) is 0 Å². The topological polar surface area (TPSA) is 21.8 Å². The Hall–Kier alpha value is -0.0800. The van der Waals surface area contributed by atoms with Gasteiger partial charge in [0.2, 0.25) is 0 Å². The zero-order valence-electron chi connectivity index (χ0n) is 9.42. The first kappa shape index (κ1) is 10.4. The maximum Gasteiger partial charge on any atom is 0.104 e. The van der Waals surface area contributed by atoms with E-state index < -0.39 is 0 Å². The molecule has 2 fully saturated rings. The summed E-state index contributed by atoms with van der Waals surface area (Å²) in [6.45, 7) is 6.18. The van der Waals surface area contributed by atoms with Crippen LogP contribution in [0.4, 0.5) is 0 Å². The molecule has 0 bridgehead atoms. The van der Waals surface area contributed by atoms with Crippen LogP contribution in [0.2, 0.25) is 0 Å². The second-order valence-electron chi connectivity index (χ2n) is 5.20. The Morgan fingerprint density at radius 2 is 1.86 bits per heavy atom. The normalized spacial score (nSPS) is 29.1. The SMILES string of the molecule is CC(C)(OCC1CO1)C1CCCCC1. The van der Waals surface area contributed by atoms with Gasteiger partial charge in [0.15, 0.2) is 0 Å². The van der Waals surface area contributed by atoms with Crippen molar-refractivity contribution in [2.24, 2.45) is 5.92 Å². The molecule has 0 N–H and O–H groups in total. The van der Waals surface area contributed by atoms with E-state index in [2.05, 4.69) is 13.8 Å². The molecule has 0 radical (unpaired) electrons. The third-order valence-corrected chi connectivity index (χ3v) is 3.63. The van der Waals surface area contributed by atoms with Crippen molar-refractivity contribution in [3.05, 3.63) is 0 Å². The third-order valence-electron chi connectivity index (χ3n) is 3.63. The van der Waals surface area contributed by atoms with Crippen LogP contribution in [-0.4, -0.2) is 24.9 Å². The van der Waals surface area contributed by atoms with Crippen LogP contribution in [0.25, 0.3) is 0 Å². The molecule has 14 heavy (non-hydrogen) atoms. The van der Waals surface area contributed by atoms with Crippen molar-refractivity contribution in [2.75, 3.05) is 13.2 Å². The van der Waals surface area contributed by atoms with Crippen LogP contribution in [-0.2, 0) is 9.47 Å². The van der Waals surface area contributed by atoms with E-state index in [1.165, 1.54) is 32.1 Å². The van der Waals surface area contributed by atoms with Crippen LogP contribution >= 0.6 is 0 Å². The van der Waals surface area contributed by atoms with E-state index in [0.717, 1.165) is 19.1 Å². The summed E-state index contributed by atoms with van der Waals surface area (Å²) in [5.41, 5.74) is 0.0619. The molecular formula is C12H22O2. The summed E-state index contributed by atoms with van der Waals surface area (Å²) in [6.07, 6.45) is 7.28. The molecule has 1 saturated carbocycles. The molecule has 1 aliphatic heterocycles. The van der Waals surface area contributed by atoms with Gasteiger partial charge in [0.1, 0.15) is 6.10 Å². The minimum atomic E-state index is 0.0619. The molecule has 0 aromatic carbocycles. The lowest BCUT2D eigenvalue weighted by Crippen LogP contribution is -2.36. The Morgan fingerprint density at radius 1 is 1.21 bits per heavy atom. The summed E-state index contributed by atoms with van der Waals surface area (Å²) < 4.78 is 11.1. The Bertz CT molecular complexity index is 179. The minimum Gasteiger partial charge on any atom is -0.373 e. The van der Waals surface area contributed by atoms with Crippen molar-refractivity contribution >= 4 is 0 Å². The van der Waals surface area contributed by atoms with Gasteiger partial charge in [-0.3, -0.25) is 0 Å². The number of hydrogen-bond acceptors (Lipinski definition) is 2. The van der Waals surface area contributed by atoms with Gasteiger partial charge in [0.05, 0.1) is 18.8 Å². The second kappa shape index (κ2) is 4.19. The molecule has 1 aliphatic carbocycles. The summed E-state index contributed by atoms with van der Waals surface area (Å²) in [7, 11) is 0. The van der Waals surface area contributed by atoms with Gasteiger partial charge in [-0.1, -0.05) is 19.3 Å². The van der Waals surface area contributed by atoms with E-state index in [-0.39, 0.29) is 5.60 Å². The molecule has 82 valence electrons. The van der Waals surface area contributed by atoms with Crippen LogP contribution in [0.3, 0.4) is 0 Å². The second-order valence-corrected chi connectivity index (χ2v) is 5.20. The lowest BCUT2D eigenvalue weighted by Gasteiger charge is -2.36. The number of epoxide rings is 1. The predicted octanol–water partition coefficient (Wildman–Crippen LogP) is 2.76. The largest absolute Gasteiger partial charge is 0.373 e. The van der Waals surface area contributed by atoms with Crippen molar-refractivity contribution in [2.45, 2.75) is 57.7 Å². The zero-order valence-corrected chi connectivity index (χ0v) is 9.42. The van der Waals surface area contributed by atoms with Gasteiger partial charge >= 0.3 is 0 Å². The highest BCUT2D eigenvalue weighted by Crippen LogP contribution is 2.35. The molecule has 1 saturated heterocycles. The van der Waals surface area contributed by atoms with Crippen LogP contribution in [0.15, 0.2) is 0 Å². The molecule has 0 aromatic heterocycles. The zero-order chi connectivity index (χ0) is 10.0. The summed E-state index contributed by atoms with van der Waals surface area (Å²) in [5.74, 6) is 0.759. The predicted molar refractivity (Wildman–Crippen MR) is 56.3 cm³/mol. The fourth-order valence-electron chi connectivity index (χ4n) is 2.39. The lowest BCUT2D eigenvalue weighted by molar-refractivity contribution is -0.0745. The fraction of sp³-hybridized carbons (Fsp3) is 1.00. The van der Waals surface area contributed by atoms with Crippen molar-refractivity contribution in [3.63, 3.8) is 0 Å². The highest BCUT2D eigenvalue weighted by atomic mass is 16.6. The smallest absolute Gasteiger partial charge is 0.104 e. The molecule has 2 nitrogen and oxygen atoms in total. The average Bonchev–Trinajstić information content (AvgIpc) is 3.00. The first-order valence-electron chi connectivity index (χ1n) is 5.94. The van der Waals surface area contributed by atoms with Crippen LogP contribution < -0.4 is 0 Å². The van der Waals surface area contributed by atoms with Gasteiger partial charge in [-0.2, -0.15) is 0 Å². The molecule has 0 aromatic rings. The monoisotopic (exact) mass is 198 g/mol. The van der Waals surface area contributed by atoms with Gasteiger partial charge in [-0.05, 0) is 32.6 Å². The molecule has 2 rings (SSSR count). The Morgan fingerprint density at radius 3 is 2.43 bits per heavy atom. The summed E-state index contributed by atoms with van der Waals surface area (Å²) in [4.78, 5) is 0. The molecule has 2 aliphatic rings.